The number of rotatable bonds is 7. The number of pyridine rings is 1. The smallest absolute Gasteiger partial charge is 0.199 e. The van der Waals surface area contributed by atoms with Crippen LogP contribution < -0.4 is 0 Å². The zero-order valence-electron chi connectivity index (χ0n) is 17.8. The van der Waals surface area contributed by atoms with Gasteiger partial charge in [-0.05, 0) is 67.5 Å². The third-order valence-electron chi connectivity index (χ3n) is 5.80. The van der Waals surface area contributed by atoms with Crippen molar-refractivity contribution in [3.05, 3.63) is 101 Å². The molecular weight excluding hydrogens is 421 g/mol. The van der Waals surface area contributed by atoms with Crippen LogP contribution in [0.2, 0.25) is 0 Å². The fourth-order valence-electron chi connectivity index (χ4n) is 4.14. The van der Waals surface area contributed by atoms with Gasteiger partial charge in [-0.1, -0.05) is 42.5 Å². The number of halogens is 1. The van der Waals surface area contributed by atoms with Crippen molar-refractivity contribution in [3.8, 4) is 11.4 Å². The molecule has 2 aromatic heterocycles. The fraction of sp³-hybridized carbons (Fsp3) is 0.240. The molecule has 1 aliphatic carbocycles. The first-order valence-electron chi connectivity index (χ1n) is 10.7. The molecule has 0 saturated heterocycles. The quantitative estimate of drug-likeness (QED) is 0.346. The van der Waals surface area contributed by atoms with Gasteiger partial charge in [0, 0.05) is 24.0 Å². The number of hydrogen-bond acceptors (Lipinski definition) is 4. The molecule has 4 aromatic rings. The molecule has 1 fully saturated rings. The number of hydrogen-bond donors (Lipinski definition) is 0. The van der Waals surface area contributed by atoms with Gasteiger partial charge in [0.2, 0.25) is 0 Å². The molecule has 0 amide bonds. The van der Waals surface area contributed by atoms with Gasteiger partial charge in [-0.25, -0.2) is 9.07 Å². The lowest BCUT2D eigenvalue weighted by molar-refractivity contribution is 0.207. The highest BCUT2D eigenvalue weighted by Crippen LogP contribution is 2.38. The maximum atomic E-state index is 13.6. The molecule has 0 unspecified atom stereocenters. The summed E-state index contributed by atoms with van der Waals surface area (Å²) in [5, 5.41) is 4.90. The first-order valence-corrected chi connectivity index (χ1v) is 11.1. The molecule has 1 saturated carbocycles. The average Bonchev–Trinajstić information content (AvgIpc) is 3.61. The molecule has 0 N–H and O–H groups in total. The maximum Gasteiger partial charge on any atom is 0.199 e. The van der Waals surface area contributed by atoms with E-state index in [0.29, 0.717) is 17.5 Å². The van der Waals surface area contributed by atoms with Crippen LogP contribution in [-0.2, 0) is 6.67 Å². The Morgan fingerprint density at radius 2 is 1.75 bits per heavy atom. The van der Waals surface area contributed by atoms with Crippen molar-refractivity contribution in [2.75, 3.05) is 7.05 Å². The van der Waals surface area contributed by atoms with E-state index in [-0.39, 0.29) is 11.9 Å². The van der Waals surface area contributed by atoms with Gasteiger partial charge in [-0.3, -0.25) is 14.5 Å². The van der Waals surface area contributed by atoms with Gasteiger partial charge >= 0.3 is 0 Å². The predicted molar refractivity (Wildman–Crippen MR) is 125 cm³/mol. The van der Waals surface area contributed by atoms with Crippen molar-refractivity contribution in [1.29, 1.82) is 0 Å². The maximum absolute atomic E-state index is 13.6. The summed E-state index contributed by atoms with van der Waals surface area (Å²) in [5.74, 6) is 0.617. The summed E-state index contributed by atoms with van der Waals surface area (Å²) in [4.78, 5) is 6.45. The van der Waals surface area contributed by atoms with Crippen LogP contribution in [0.1, 0.15) is 36.1 Å². The molecule has 7 heteroatoms. The molecule has 2 aromatic carbocycles. The van der Waals surface area contributed by atoms with Gasteiger partial charge in [-0.15, -0.1) is 0 Å². The van der Waals surface area contributed by atoms with Crippen molar-refractivity contribution in [3.63, 3.8) is 0 Å². The highest BCUT2D eigenvalue weighted by molar-refractivity contribution is 7.71. The van der Waals surface area contributed by atoms with Crippen molar-refractivity contribution in [1.82, 2.24) is 24.2 Å². The Labute approximate surface area is 191 Å². The second-order valence-electron chi connectivity index (χ2n) is 8.21. The average molecular weight is 446 g/mol. The van der Waals surface area contributed by atoms with E-state index in [2.05, 4.69) is 26.6 Å². The molecule has 0 aliphatic heterocycles. The molecule has 0 spiro atoms. The van der Waals surface area contributed by atoms with Crippen LogP contribution in [0, 0.1) is 10.6 Å². The Morgan fingerprint density at radius 1 is 1.03 bits per heavy atom. The predicted octanol–water partition coefficient (Wildman–Crippen LogP) is 5.63. The first kappa shape index (κ1) is 20.7. The highest BCUT2D eigenvalue weighted by Gasteiger charge is 2.30. The Kier molecular flexibility index (Phi) is 5.68. The molecule has 0 radical (unpaired) electrons. The van der Waals surface area contributed by atoms with Crippen LogP contribution in [0.4, 0.5) is 4.39 Å². The van der Waals surface area contributed by atoms with Crippen molar-refractivity contribution < 1.29 is 4.39 Å². The van der Waals surface area contributed by atoms with Gasteiger partial charge in [0.05, 0.1) is 12.7 Å². The molecule has 32 heavy (non-hydrogen) atoms. The van der Waals surface area contributed by atoms with Crippen LogP contribution in [-0.4, -0.2) is 31.3 Å². The van der Waals surface area contributed by atoms with Crippen molar-refractivity contribution in [2.24, 2.45) is 0 Å². The molecule has 162 valence electrons. The van der Waals surface area contributed by atoms with Gasteiger partial charge in [0.25, 0.3) is 0 Å². The summed E-state index contributed by atoms with van der Waals surface area (Å²) in [6.07, 6.45) is 5.82. The zero-order chi connectivity index (χ0) is 22.1. The van der Waals surface area contributed by atoms with Gasteiger partial charge < -0.3 is 0 Å². The van der Waals surface area contributed by atoms with Crippen LogP contribution >= 0.6 is 12.2 Å². The number of nitrogens with zero attached hydrogens (tertiary/aromatic N) is 5. The molecule has 1 aliphatic rings. The van der Waals surface area contributed by atoms with E-state index in [4.69, 9.17) is 17.3 Å². The number of benzene rings is 2. The minimum atomic E-state index is -0.241. The summed E-state index contributed by atoms with van der Waals surface area (Å²) in [5.41, 5.74) is 3.10. The van der Waals surface area contributed by atoms with Crippen LogP contribution in [0.15, 0.2) is 79.1 Å². The van der Waals surface area contributed by atoms with Crippen molar-refractivity contribution in [2.45, 2.75) is 31.6 Å². The van der Waals surface area contributed by atoms with E-state index in [0.717, 1.165) is 35.4 Å². The van der Waals surface area contributed by atoms with Crippen LogP contribution in [0.3, 0.4) is 0 Å². The summed E-state index contributed by atoms with van der Waals surface area (Å²) in [6.45, 7) is 0.503. The Hall–Kier alpha value is -3.16. The Balaban J connectivity index is 1.52. The normalized spacial score (nSPS) is 14.6. The minimum absolute atomic E-state index is 0.0633. The zero-order valence-corrected chi connectivity index (χ0v) is 18.6. The summed E-state index contributed by atoms with van der Waals surface area (Å²) >= 11 is 5.85. The topological polar surface area (TPSA) is 38.9 Å². The lowest BCUT2D eigenvalue weighted by Gasteiger charge is -2.28. The van der Waals surface area contributed by atoms with Gasteiger partial charge in [0.15, 0.2) is 10.6 Å². The third kappa shape index (κ3) is 4.13. The summed E-state index contributed by atoms with van der Waals surface area (Å²) in [7, 11) is 2.04. The van der Waals surface area contributed by atoms with E-state index < -0.39 is 0 Å². The molecule has 2 heterocycles. The molecular formula is C25H24FN5S. The van der Waals surface area contributed by atoms with E-state index in [1.165, 1.54) is 12.1 Å². The van der Waals surface area contributed by atoms with Crippen LogP contribution in [0.25, 0.3) is 11.4 Å². The van der Waals surface area contributed by atoms with E-state index in [1.807, 2.05) is 60.4 Å². The Morgan fingerprint density at radius 3 is 2.41 bits per heavy atom. The lowest BCUT2D eigenvalue weighted by atomic mass is 9.98. The Bertz CT molecular complexity index is 1250. The molecule has 0 bridgehead atoms. The molecule has 5 nitrogen and oxygen atoms in total. The SMILES string of the molecule is CN(Cn1nc(-c2cccnc2)n(C2CC2)c1=S)[C@H](c1ccccc1)c1ccc(F)cc1. The highest BCUT2D eigenvalue weighted by atomic mass is 32.1. The second kappa shape index (κ2) is 8.76. The van der Waals surface area contributed by atoms with Crippen molar-refractivity contribution >= 4 is 12.2 Å². The first-order chi connectivity index (χ1) is 15.6. The number of aromatic nitrogens is 4. The monoisotopic (exact) mass is 445 g/mol. The third-order valence-corrected chi connectivity index (χ3v) is 6.21. The minimum Gasteiger partial charge on any atom is -0.297 e. The van der Waals surface area contributed by atoms with Crippen LogP contribution in [0.5, 0.6) is 0 Å². The van der Waals surface area contributed by atoms with E-state index >= 15 is 0 Å². The largest absolute Gasteiger partial charge is 0.297 e. The van der Waals surface area contributed by atoms with Gasteiger partial charge in [0.1, 0.15) is 5.82 Å². The summed E-state index contributed by atoms with van der Waals surface area (Å²) in [6, 6.07) is 21.2. The second-order valence-corrected chi connectivity index (χ2v) is 8.58. The van der Waals surface area contributed by atoms with E-state index in [1.54, 1.807) is 6.20 Å². The standard InChI is InChI=1S/C25H24FN5S/c1-29(23(18-6-3-2-4-7-18)19-9-11-21(26)12-10-19)17-30-25(32)31(22-13-14-22)24(28-30)20-8-5-15-27-16-20/h2-12,15-16,22-23H,13-14,17H2,1H3/t23-/m1/s1. The van der Waals surface area contributed by atoms with Gasteiger partial charge in [-0.2, -0.15) is 5.10 Å². The lowest BCUT2D eigenvalue weighted by Crippen LogP contribution is -2.28. The molecule has 5 rings (SSSR count). The summed E-state index contributed by atoms with van der Waals surface area (Å²) < 4.78 is 18.4. The molecule has 1 atom stereocenters. The fourth-order valence-corrected chi connectivity index (χ4v) is 4.47. The van der Waals surface area contributed by atoms with E-state index in [9.17, 15) is 4.39 Å².